The van der Waals surface area contributed by atoms with Gasteiger partial charge in [-0.2, -0.15) is 0 Å². The molecule has 0 atom stereocenters. The Balaban J connectivity index is 2.66. The summed E-state index contributed by atoms with van der Waals surface area (Å²) in [4.78, 5) is 1.33. The fraction of sp³-hybridized carbons (Fsp3) is 0.111. The molecular formula is C9H10N2S. The Morgan fingerprint density at radius 2 is 2.17 bits per heavy atom. The van der Waals surface area contributed by atoms with Crippen LogP contribution in [0.15, 0.2) is 24.3 Å². The maximum atomic E-state index is 5.30. The average Bonchev–Trinajstić information content (AvgIpc) is 2.43. The Labute approximate surface area is 75.0 Å². The topological polar surface area (TPSA) is 38.0 Å². The molecule has 0 amide bonds. The Hall–Kier alpha value is -1.06. The van der Waals surface area contributed by atoms with Crippen LogP contribution < -0.4 is 11.3 Å². The molecule has 0 radical (unpaired) electrons. The number of nitrogens with two attached hydrogens (primary N) is 1. The maximum Gasteiger partial charge on any atom is 0.0499 e. The highest BCUT2D eigenvalue weighted by Gasteiger charge is 1.98. The van der Waals surface area contributed by atoms with Gasteiger partial charge in [0.2, 0.25) is 0 Å². The van der Waals surface area contributed by atoms with Crippen LogP contribution in [-0.2, 0) is 0 Å². The van der Waals surface area contributed by atoms with Crippen molar-refractivity contribution in [3.8, 4) is 0 Å². The van der Waals surface area contributed by atoms with E-state index in [-0.39, 0.29) is 0 Å². The Morgan fingerprint density at radius 3 is 2.92 bits per heavy atom. The molecule has 2 rings (SSSR count). The molecule has 0 aliphatic heterocycles. The molecule has 3 N–H and O–H groups in total. The van der Waals surface area contributed by atoms with Gasteiger partial charge >= 0.3 is 0 Å². The van der Waals surface area contributed by atoms with E-state index in [1.165, 1.54) is 15.0 Å². The highest BCUT2D eigenvalue weighted by molar-refractivity contribution is 7.19. The first-order valence-electron chi connectivity index (χ1n) is 3.76. The van der Waals surface area contributed by atoms with E-state index in [2.05, 4.69) is 30.5 Å². The summed E-state index contributed by atoms with van der Waals surface area (Å²) in [7, 11) is 0. The quantitative estimate of drug-likeness (QED) is 0.520. The molecule has 62 valence electrons. The third-order valence-electron chi connectivity index (χ3n) is 1.81. The van der Waals surface area contributed by atoms with Gasteiger partial charge in [0.15, 0.2) is 0 Å². The van der Waals surface area contributed by atoms with E-state index >= 15 is 0 Å². The predicted molar refractivity (Wildman–Crippen MR) is 54.4 cm³/mol. The number of benzene rings is 1. The van der Waals surface area contributed by atoms with E-state index < -0.39 is 0 Å². The number of aryl methyl sites for hydroxylation is 1. The number of thiophene rings is 1. The lowest BCUT2D eigenvalue weighted by molar-refractivity contribution is 1.36. The first-order chi connectivity index (χ1) is 5.79. The van der Waals surface area contributed by atoms with E-state index in [0.717, 1.165) is 5.69 Å². The monoisotopic (exact) mass is 178 g/mol. The lowest BCUT2D eigenvalue weighted by Crippen LogP contribution is -2.05. The van der Waals surface area contributed by atoms with Gasteiger partial charge in [-0.25, -0.2) is 0 Å². The lowest BCUT2D eigenvalue weighted by Gasteiger charge is -1.97. The first-order valence-corrected chi connectivity index (χ1v) is 4.58. The van der Waals surface area contributed by atoms with Crippen molar-refractivity contribution in [2.75, 3.05) is 5.43 Å². The predicted octanol–water partition coefficient (Wildman–Crippen LogP) is 2.50. The number of fused-ring (bicyclic) bond motifs is 1. The molecule has 0 aliphatic carbocycles. The average molecular weight is 178 g/mol. The zero-order chi connectivity index (χ0) is 8.55. The number of anilines is 1. The van der Waals surface area contributed by atoms with Crippen LogP contribution >= 0.6 is 11.3 Å². The van der Waals surface area contributed by atoms with Crippen molar-refractivity contribution in [1.29, 1.82) is 0 Å². The minimum Gasteiger partial charge on any atom is -0.324 e. The van der Waals surface area contributed by atoms with Crippen molar-refractivity contribution in [2.45, 2.75) is 6.92 Å². The van der Waals surface area contributed by atoms with Crippen LogP contribution in [-0.4, -0.2) is 0 Å². The molecule has 1 aromatic carbocycles. The van der Waals surface area contributed by atoms with Gasteiger partial charge in [-0.05, 0) is 30.5 Å². The number of hydrogen-bond donors (Lipinski definition) is 2. The number of hydrazine groups is 1. The van der Waals surface area contributed by atoms with Gasteiger partial charge in [0.25, 0.3) is 0 Å². The second-order valence-corrected chi connectivity index (χ2v) is 4.04. The molecule has 0 fully saturated rings. The van der Waals surface area contributed by atoms with E-state index in [9.17, 15) is 0 Å². The zero-order valence-corrected chi connectivity index (χ0v) is 7.61. The van der Waals surface area contributed by atoms with Gasteiger partial charge in [-0.1, -0.05) is 6.07 Å². The van der Waals surface area contributed by atoms with Gasteiger partial charge < -0.3 is 5.43 Å². The fourth-order valence-corrected chi connectivity index (χ4v) is 2.22. The minimum atomic E-state index is 0.962. The second-order valence-electron chi connectivity index (χ2n) is 2.75. The SMILES string of the molecule is Cc1cc2ccc(NN)cc2s1. The number of nitrogens with one attached hydrogen (secondary N) is 1. The van der Waals surface area contributed by atoms with E-state index in [1.54, 1.807) is 11.3 Å². The highest BCUT2D eigenvalue weighted by Crippen LogP contribution is 2.27. The Morgan fingerprint density at radius 1 is 1.33 bits per heavy atom. The van der Waals surface area contributed by atoms with Crippen molar-refractivity contribution >= 4 is 27.1 Å². The number of hydrogen-bond acceptors (Lipinski definition) is 3. The van der Waals surface area contributed by atoms with Crippen LogP contribution in [0.5, 0.6) is 0 Å². The molecule has 0 saturated heterocycles. The summed E-state index contributed by atoms with van der Waals surface area (Å²) in [6.45, 7) is 2.11. The van der Waals surface area contributed by atoms with Gasteiger partial charge in [-0.3, -0.25) is 5.84 Å². The molecule has 3 heteroatoms. The van der Waals surface area contributed by atoms with E-state index in [1.807, 2.05) is 6.07 Å². The van der Waals surface area contributed by atoms with Gasteiger partial charge in [0.1, 0.15) is 0 Å². The normalized spacial score (nSPS) is 10.5. The maximum absolute atomic E-state index is 5.30. The summed E-state index contributed by atoms with van der Waals surface area (Å²) in [6, 6.07) is 8.30. The first kappa shape index (κ1) is 7.58. The van der Waals surface area contributed by atoms with Crippen LogP contribution in [0.2, 0.25) is 0 Å². The summed E-state index contributed by atoms with van der Waals surface area (Å²) in [5.41, 5.74) is 3.60. The Kier molecular flexibility index (Phi) is 1.75. The standard InChI is InChI=1S/C9H10N2S/c1-6-4-7-2-3-8(11-10)5-9(7)12-6/h2-5,11H,10H2,1H3. The molecule has 0 saturated carbocycles. The molecule has 1 aromatic heterocycles. The van der Waals surface area contributed by atoms with Gasteiger partial charge in [0.05, 0.1) is 0 Å². The van der Waals surface area contributed by atoms with Crippen LogP contribution in [0, 0.1) is 6.92 Å². The molecule has 2 nitrogen and oxygen atoms in total. The van der Waals surface area contributed by atoms with Crippen LogP contribution in [0.1, 0.15) is 4.88 Å². The minimum absolute atomic E-state index is 0.962. The molecule has 1 heterocycles. The highest BCUT2D eigenvalue weighted by atomic mass is 32.1. The summed E-state index contributed by atoms with van der Waals surface area (Å²) in [6.07, 6.45) is 0. The van der Waals surface area contributed by atoms with Crippen molar-refractivity contribution in [3.05, 3.63) is 29.1 Å². The third-order valence-corrected chi connectivity index (χ3v) is 2.82. The molecule has 0 spiro atoms. The van der Waals surface area contributed by atoms with Gasteiger partial charge in [-0.15, -0.1) is 11.3 Å². The van der Waals surface area contributed by atoms with Crippen LogP contribution in [0.3, 0.4) is 0 Å². The van der Waals surface area contributed by atoms with Crippen molar-refractivity contribution in [2.24, 2.45) is 5.84 Å². The second kappa shape index (κ2) is 2.77. The van der Waals surface area contributed by atoms with Crippen molar-refractivity contribution in [3.63, 3.8) is 0 Å². The molecule has 12 heavy (non-hydrogen) atoms. The fourth-order valence-electron chi connectivity index (χ4n) is 1.25. The molecule has 2 aromatic rings. The molecule has 0 aliphatic rings. The van der Waals surface area contributed by atoms with Crippen LogP contribution in [0.25, 0.3) is 10.1 Å². The lowest BCUT2D eigenvalue weighted by atomic mass is 10.2. The zero-order valence-electron chi connectivity index (χ0n) is 6.79. The summed E-state index contributed by atoms with van der Waals surface area (Å²) in [5, 5.41) is 1.29. The number of nitrogen functional groups attached to an aromatic ring is 1. The smallest absolute Gasteiger partial charge is 0.0499 e. The Bertz CT molecular complexity index is 406. The summed E-state index contributed by atoms with van der Waals surface area (Å²) >= 11 is 1.79. The van der Waals surface area contributed by atoms with Crippen molar-refractivity contribution in [1.82, 2.24) is 0 Å². The number of rotatable bonds is 1. The molecular weight excluding hydrogens is 168 g/mol. The summed E-state index contributed by atoms with van der Waals surface area (Å²) < 4.78 is 1.28. The third kappa shape index (κ3) is 1.17. The van der Waals surface area contributed by atoms with Gasteiger partial charge in [0, 0.05) is 15.3 Å². The van der Waals surface area contributed by atoms with Crippen LogP contribution in [0.4, 0.5) is 5.69 Å². The molecule has 0 unspecified atom stereocenters. The molecule has 0 bridgehead atoms. The largest absolute Gasteiger partial charge is 0.324 e. The van der Waals surface area contributed by atoms with E-state index in [4.69, 9.17) is 5.84 Å². The van der Waals surface area contributed by atoms with E-state index in [0.29, 0.717) is 0 Å². The summed E-state index contributed by atoms with van der Waals surface area (Å²) in [5.74, 6) is 5.30. The van der Waals surface area contributed by atoms with Crippen molar-refractivity contribution < 1.29 is 0 Å².